The normalized spacial score (nSPS) is 11.3. The highest BCUT2D eigenvalue weighted by molar-refractivity contribution is 5.79. The second kappa shape index (κ2) is 9.00. The van der Waals surface area contributed by atoms with E-state index in [2.05, 4.69) is 10.3 Å². The van der Waals surface area contributed by atoms with Gasteiger partial charge in [0.05, 0.1) is 6.54 Å². The van der Waals surface area contributed by atoms with Gasteiger partial charge in [-0.05, 0) is 20.3 Å². The molecule has 0 aliphatic rings. The van der Waals surface area contributed by atoms with Crippen LogP contribution in [0.2, 0.25) is 0 Å². The minimum Gasteiger partial charge on any atom is -0.370 e. The van der Waals surface area contributed by atoms with Crippen molar-refractivity contribution in [2.75, 3.05) is 26.2 Å². The van der Waals surface area contributed by atoms with Gasteiger partial charge >= 0.3 is 0 Å². The van der Waals surface area contributed by atoms with E-state index in [1.165, 1.54) is 0 Å². The molecule has 0 aliphatic carbocycles. The van der Waals surface area contributed by atoms with Crippen molar-refractivity contribution in [2.45, 2.75) is 33.6 Å². The van der Waals surface area contributed by atoms with E-state index in [0.29, 0.717) is 18.9 Å². The van der Waals surface area contributed by atoms with Crippen LogP contribution in [0.1, 0.15) is 33.6 Å². The Bertz CT molecular complexity index is 224. The molecule has 0 rings (SSSR count). The molecule has 0 saturated carbocycles. The summed E-state index contributed by atoms with van der Waals surface area (Å²) >= 11 is 0. The van der Waals surface area contributed by atoms with Crippen molar-refractivity contribution in [1.82, 2.24) is 10.2 Å². The molecule has 0 spiro atoms. The summed E-state index contributed by atoms with van der Waals surface area (Å²) in [6, 6.07) is 0. The molecule has 0 saturated heterocycles. The van der Waals surface area contributed by atoms with Gasteiger partial charge < -0.3 is 16.0 Å². The Hall–Kier alpha value is -1.26. The first kappa shape index (κ1) is 14.7. The van der Waals surface area contributed by atoms with E-state index in [-0.39, 0.29) is 5.91 Å². The third-order valence-electron chi connectivity index (χ3n) is 2.27. The van der Waals surface area contributed by atoms with Crippen molar-refractivity contribution >= 4 is 11.9 Å². The van der Waals surface area contributed by atoms with E-state index in [1.807, 2.05) is 25.7 Å². The first-order chi connectivity index (χ1) is 7.65. The molecule has 0 aliphatic heterocycles. The maximum atomic E-state index is 11.3. The lowest BCUT2D eigenvalue weighted by atomic mass is 10.4. The monoisotopic (exact) mass is 228 g/mol. The summed E-state index contributed by atoms with van der Waals surface area (Å²) in [5.41, 5.74) is 5.77. The first-order valence-corrected chi connectivity index (χ1v) is 5.97. The summed E-state index contributed by atoms with van der Waals surface area (Å²) in [5, 5.41) is 2.80. The summed E-state index contributed by atoms with van der Waals surface area (Å²) in [4.78, 5) is 17.4. The Labute approximate surface area is 98.1 Å². The lowest BCUT2D eigenvalue weighted by Gasteiger charge is -2.19. The van der Waals surface area contributed by atoms with Crippen molar-refractivity contribution in [1.29, 1.82) is 0 Å². The standard InChI is InChI=1S/C11H24N4O/c1-4-8-13-10(16)7-9-14-11(12)15(5-2)6-3/h4-9H2,1-3H3,(H2,12,14)(H,13,16). The topological polar surface area (TPSA) is 70.7 Å². The van der Waals surface area contributed by atoms with Gasteiger partial charge in [-0.25, -0.2) is 0 Å². The molecule has 0 aromatic heterocycles. The summed E-state index contributed by atoms with van der Waals surface area (Å²) < 4.78 is 0. The van der Waals surface area contributed by atoms with Crippen molar-refractivity contribution in [2.24, 2.45) is 10.7 Å². The Morgan fingerprint density at radius 2 is 1.94 bits per heavy atom. The van der Waals surface area contributed by atoms with Crippen LogP contribution < -0.4 is 11.1 Å². The summed E-state index contributed by atoms with van der Waals surface area (Å²) in [6.45, 7) is 8.95. The van der Waals surface area contributed by atoms with Gasteiger partial charge in [0.15, 0.2) is 5.96 Å². The van der Waals surface area contributed by atoms with E-state index in [0.717, 1.165) is 26.1 Å². The molecule has 16 heavy (non-hydrogen) atoms. The molecule has 3 N–H and O–H groups in total. The number of carbonyl (C=O) groups excluding carboxylic acids is 1. The van der Waals surface area contributed by atoms with E-state index >= 15 is 0 Å². The molecule has 0 heterocycles. The number of carbonyl (C=O) groups is 1. The van der Waals surface area contributed by atoms with Gasteiger partial charge in [-0.2, -0.15) is 0 Å². The van der Waals surface area contributed by atoms with E-state index in [4.69, 9.17) is 5.73 Å². The molecular weight excluding hydrogens is 204 g/mol. The van der Waals surface area contributed by atoms with Crippen molar-refractivity contribution in [3.63, 3.8) is 0 Å². The van der Waals surface area contributed by atoms with Crippen molar-refractivity contribution in [3.8, 4) is 0 Å². The molecule has 0 unspecified atom stereocenters. The molecule has 1 amide bonds. The highest BCUT2D eigenvalue weighted by atomic mass is 16.1. The fraction of sp³-hybridized carbons (Fsp3) is 0.818. The molecule has 0 aromatic rings. The molecule has 0 atom stereocenters. The van der Waals surface area contributed by atoms with Crippen LogP contribution in [0.4, 0.5) is 0 Å². The van der Waals surface area contributed by atoms with Gasteiger partial charge in [0.2, 0.25) is 5.91 Å². The lowest BCUT2D eigenvalue weighted by molar-refractivity contribution is -0.120. The van der Waals surface area contributed by atoms with Crippen LogP contribution in [0.3, 0.4) is 0 Å². The second-order valence-corrected chi connectivity index (χ2v) is 3.51. The van der Waals surface area contributed by atoms with Gasteiger partial charge in [-0.15, -0.1) is 0 Å². The molecule has 0 bridgehead atoms. The zero-order chi connectivity index (χ0) is 12.4. The average molecular weight is 228 g/mol. The summed E-state index contributed by atoms with van der Waals surface area (Å²) in [5.74, 6) is 0.561. The van der Waals surface area contributed by atoms with Crippen LogP contribution in [-0.4, -0.2) is 42.9 Å². The van der Waals surface area contributed by atoms with Crippen LogP contribution >= 0.6 is 0 Å². The maximum Gasteiger partial charge on any atom is 0.221 e. The molecule has 0 radical (unpaired) electrons. The number of hydrogen-bond donors (Lipinski definition) is 2. The number of aliphatic imine (C=N–C) groups is 1. The number of rotatable bonds is 7. The molecule has 94 valence electrons. The summed E-state index contributed by atoms with van der Waals surface area (Å²) in [7, 11) is 0. The zero-order valence-corrected chi connectivity index (χ0v) is 10.6. The van der Waals surface area contributed by atoms with Gasteiger partial charge in [-0.1, -0.05) is 6.92 Å². The fourth-order valence-corrected chi connectivity index (χ4v) is 1.27. The smallest absolute Gasteiger partial charge is 0.221 e. The van der Waals surface area contributed by atoms with Crippen LogP contribution in [0.5, 0.6) is 0 Å². The van der Waals surface area contributed by atoms with E-state index < -0.39 is 0 Å². The van der Waals surface area contributed by atoms with Crippen LogP contribution in [0, 0.1) is 0 Å². The number of hydrogen-bond acceptors (Lipinski definition) is 2. The SMILES string of the molecule is CCCNC(=O)CCN=C(N)N(CC)CC. The van der Waals surface area contributed by atoms with Crippen molar-refractivity contribution in [3.05, 3.63) is 0 Å². The summed E-state index contributed by atoms with van der Waals surface area (Å²) in [6.07, 6.45) is 1.36. The van der Waals surface area contributed by atoms with Crippen LogP contribution in [0.15, 0.2) is 4.99 Å². The second-order valence-electron chi connectivity index (χ2n) is 3.51. The predicted octanol–water partition coefficient (Wildman–Crippen LogP) is 0.559. The Kier molecular flexibility index (Phi) is 8.29. The van der Waals surface area contributed by atoms with Gasteiger partial charge in [-0.3, -0.25) is 9.79 Å². The molecule has 5 nitrogen and oxygen atoms in total. The number of nitrogens with one attached hydrogen (secondary N) is 1. The fourth-order valence-electron chi connectivity index (χ4n) is 1.27. The van der Waals surface area contributed by atoms with Gasteiger partial charge in [0.25, 0.3) is 0 Å². The Balaban J connectivity index is 3.85. The first-order valence-electron chi connectivity index (χ1n) is 5.97. The van der Waals surface area contributed by atoms with E-state index in [1.54, 1.807) is 0 Å². The van der Waals surface area contributed by atoms with Crippen LogP contribution in [-0.2, 0) is 4.79 Å². The van der Waals surface area contributed by atoms with Gasteiger partial charge in [0, 0.05) is 26.1 Å². The zero-order valence-electron chi connectivity index (χ0n) is 10.6. The Morgan fingerprint density at radius 1 is 1.31 bits per heavy atom. The maximum absolute atomic E-state index is 11.3. The van der Waals surface area contributed by atoms with E-state index in [9.17, 15) is 4.79 Å². The highest BCUT2D eigenvalue weighted by Crippen LogP contribution is 1.89. The minimum atomic E-state index is 0.0398. The number of nitrogens with two attached hydrogens (primary N) is 1. The number of amides is 1. The molecule has 5 heteroatoms. The molecule has 0 aromatic carbocycles. The lowest BCUT2D eigenvalue weighted by Crippen LogP contribution is -2.37. The predicted molar refractivity (Wildman–Crippen MR) is 67.3 cm³/mol. The average Bonchev–Trinajstić information content (AvgIpc) is 2.28. The quantitative estimate of drug-likeness (QED) is 0.494. The number of guanidine groups is 1. The molecule has 0 fully saturated rings. The highest BCUT2D eigenvalue weighted by Gasteiger charge is 2.02. The third-order valence-corrected chi connectivity index (χ3v) is 2.27. The third kappa shape index (κ3) is 6.27. The number of nitrogens with zero attached hydrogens (tertiary/aromatic N) is 2. The van der Waals surface area contributed by atoms with Crippen molar-refractivity contribution < 1.29 is 4.79 Å². The molecular formula is C11H24N4O. The van der Waals surface area contributed by atoms with Crippen LogP contribution in [0.25, 0.3) is 0 Å². The largest absolute Gasteiger partial charge is 0.370 e. The van der Waals surface area contributed by atoms with Gasteiger partial charge in [0.1, 0.15) is 0 Å². The minimum absolute atomic E-state index is 0.0398. The Morgan fingerprint density at radius 3 is 2.44 bits per heavy atom.